The van der Waals surface area contributed by atoms with Crippen molar-refractivity contribution in [1.29, 1.82) is 0 Å². The Kier molecular flexibility index (Phi) is 7.77. The highest BCUT2D eigenvalue weighted by Crippen LogP contribution is 2.32. The number of rotatable bonds is 9. The molecule has 0 saturated heterocycles. The Hall–Kier alpha value is -4.18. The minimum Gasteiger partial charge on any atom is -0.484 e. The number of furan rings is 1. The molecule has 2 N–H and O–H groups in total. The van der Waals surface area contributed by atoms with Crippen LogP contribution >= 0.6 is 11.6 Å². The molecule has 2 aromatic carbocycles. The van der Waals surface area contributed by atoms with Gasteiger partial charge in [0.15, 0.2) is 6.61 Å². The molecule has 0 fully saturated rings. The Bertz CT molecular complexity index is 1210. The topological polar surface area (TPSA) is 136 Å². The zero-order valence-electron chi connectivity index (χ0n) is 17.4. The number of carbonyl (C=O) groups excluding carboxylic acids is 2. The van der Waals surface area contributed by atoms with Crippen LogP contribution in [0.5, 0.6) is 5.75 Å². The van der Waals surface area contributed by atoms with Gasteiger partial charge in [0.1, 0.15) is 17.3 Å². The molecule has 3 aromatic rings. The first-order chi connectivity index (χ1) is 15.8. The lowest BCUT2D eigenvalue weighted by atomic mass is 10.1. The molecule has 11 heteroatoms. The van der Waals surface area contributed by atoms with Gasteiger partial charge in [-0.05, 0) is 36.8 Å². The van der Waals surface area contributed by atoms with Gasteiger partial charge >= 0.3 is 0 Å². The number of benzene rings is 2. The van der Waals surface area contributed by atoms with Gasteiger partial charge in [0.2, 0.25) is 0 Å². The van der Waals surface area contributed by atoms with Gasteiger partial charge in [-0.2, -0.15) is 5.10 Å². The number of halogens is 1. The number of nitrogens with zero attached hydrogens (tertiary/aromatic N) is 2. The molecular formula is C22H19ClN4O6. The number of hydrogen-bond donors (Lipinski definition) is 2. The summed E-state index contributed by atoms with van der Waals surface area (Å²) in [5.74, 6) is 0.165. The molecule has 1 heterocycles. The molecule has 0 spiro atoms. The van der Waals surface area contributed by atoms with E-state index in [1.807, 2.05) is 19.1 Å². The predicted octanol–water partition coefficient (Wildman–Crippen LogP) is 3.46. The summed E-state index contributed by atoms with van der Waals surface area (Å²) in [5.41, 5.74) is 3.37. The van der Waals surface area contributed by atoms with Crippen molar-refractivity contribution >= 4 is 35.3 Å². The number of nitrogens with one attached hydrogen (secondary N) is 2. The molecule has 0 aliphatic rings. The van der Waals surface area contributed by atoms with Crippen LogP contribution in [0.2, 0.25) is 5.02 Å². The fraction of sp³-hybridized carbons (Fsp3) is 0.136. The second-order valence-electron chi connectivity index (χ2n) is 6.75. The van der Waals surface area contributed by atoms with Crippen molar-refractivity contribution in [3.63, 3.8) is 0 Å². The Balaban J connectivity index is 1.47. The van der Waals surface area contributed by atoms with E-state index in [1.165, 1.54) is 24.4 Å². The highest BCUT2D eigenvalue weighted by Gasteiger charge is 2.14. The largest absolute Gasteiger partial charge is 0.484 e. The zero-order chi connectivity index (χ0) is 23.8. The fourth-order valence-electron chi connectivity index (χ4n) is 2.68. The molecule has 0 bridgehead atoms. The monoisotopic (exact) mass is 470 g/mol. The van der Waals surface area contributed by atoms with Crippen LogP contribution in [0.15, 0.2) is 64.1 Å². The summed E-state index contributed by atoms with van der Waals surface area (Å²) in [5, 5.41) is 17.4. The molecule has 0 aliphatic carbocycles. The molecule has 0 saturated carbocycles. The summed E-state index contributed by atoms with van der Waals surface area (Å²) in [7, 11) is 0. The maximum atomic E-state index is 11.8. The Labute approximate surface area is 193 Å². The van der Waals surface area contributed by atoms with Crippen molar-refractivity contribution in [3.8, 4) is 17.1 Å². The number of amides is 2. The van der Waals surface area contributed by atoms with Crippen molar-refractivity contribution in [1.82, 2.24) is 10.7 Å². The van der Waals surface area contributed by atoms with Crippen molar-refractivity contribution < 1.29 is 23.7 Å². The molecular weight excluding hydrogens is 452 g/mol. The highest BCUT2D eigenvalue weighted by molar-refractivity contribution is 6.33. The lowest BCUT2D eigenvalue weighted by Crippen LogP contribution is -2.37. The number of non-ortho nitro benzene ring substituents is 1. The number of nitro benzene ring substituents is 1. The molecule has 1 aromatic heterocycles. The van der Waals surface area contributed by atoms with Gasteiger partial charge in [0.05, 0.1) is 22.7 Å². The average Bonchev–Trinajstić information content (AvgIpc) is 3.26. The number of hydrogen-bond acceptors (Lipinski definition) is 7. The van der Waals surface area contributed by atoms with Gasteiger partial charge < -0.3 is 14.5 Å². The fourth-order valence-corrected chi connectivity index (χ4v) is 2.89. The molecule has 2 amide bonds. The molecule has 170 valence electrons. The van der Waals surface area contributed by atoms with Crippen molar-refractivity contribution in [2.75, 3.05) is 13.2 Å². The maximum absolute atomic E-state index is 11.8. The Morgan fingerprint density at radius 1 is 1.18 bits per heavy atom. The van der Waals surface area contributed by atoms with Crippen LogP contribution in [0, 0.1) is 17.0 Å². The normalized spacial score (nSPS) is 10.7. The summed E-state index contributed by atoms with van der Waals surface area (Å²) in [6.07, 6.45) is 1.25. The number of hydrazone groups is 1. The van der Waals surface area contributed by atoms with Crippen molar-refractivity contribution in [2.45, 2.75) is 6.92 Å². The summed E-state index contributed by atoms with van der Waals surface area (Å²) in [6.45, 7) is 1.34. The van der Waals surface area contributed by atoms with Crippen molar-refractivity contribution in [2.24, 2.45) is 5.10 Å². The zero-order valence-corrected chi connectivity index (χ0v) is 18.2. The van der Waals surface area contributed by atoms with Crippen LogP contribution < -0.4 is 15.5 Å². The number of ether oxygens (including phenoxy) is 1. The third-order valence-electron chi connectivity index (χ3n) is 4.33. The third-order valence-corrected chi connectivity index (χ3v) is 4.66. The molecule has 0 radical (unpaired) electrons. The van der Waals surface area contributed by atoms with Crippen LogP contribution in [0.25, 0.3) is 11.3 Å². The van der Waals surface area contributed by atoms with Gasteiger partial charge in [-0.3, -0.25) is 19.7 Å². The number of aryl methyl sites for hydroxylation is 1. The molecule has 0 unspecified atom stereocenters. The van der Waals surface area contributed by atoms with Gasteiger partial charge in [0.25, 0.3) is 17.5 Å². The van der Waals surface area contributed by atoms with Crippen LogP contribution in [-0.2, 0) is 9.59 Å². The minimum absolute atomic E-state index is 0.125. The summed E-state index contributed by atoms with van der Waals surface area (Å²) in [4.78, 5) is 34.1. The van der Waals surface area contributed by atoms with Crippen molar-refractivity contribution in [3.05, 3.63) is 81.1 Å². The Morgan fingerprint density at radius 2 is 1.97 bits per heavy atom. The van der Waals surface area contributed by atoms with Gasteiger partial charge in [-0.1, -0.05) is 29.8 Å². The number of nitro groups is 1. The Morgan fingerprint density at radius 3 is 2.73 bits per heavy atom. The smallest absolute Gasteiger partial charge is 0.270 e. The van der Waals surface area contributed by atoms with Crippen LogP contribution in [0.3, 0.4) is 0 Å². The van der Waals surface area contributed by atoms with E-state index in [9.17, 15) is 19.7 Å². The van der Waals surface area contributed by atoms with E-state index in [2.05, 4.69) is 15.8 Å². The van der Waals surface area contributed by atoms with E-state index >= 15 is 0 Å². The second kappa shape index (κ2) is 10.9. The first kappa shape index (κ1) is 23.5. The maximum Gasteiger partial charge on any atom is 0.270 e. The van der Waals surface area contributed by atoms with E-state index in [-0.39, 0.29) is 29.6 Å². The lowest BCUT2D eigenvalue weighted by molar-refractivity contribution is -0.384. The standard InChI is InChI=1S/C22H19ClN4O6/c1-14-4-2-3-5-19(14)32-13-22(29)24-12-21(28)26-25-11-16-7-9-20(33-16)17-10-15(27(30)31)6-8-18(17)23/h2-11H,12-13H2,1H3,(H,24,29)(H,26,28). The molecule has 3 rings (SSSR count). The van der Waals surface area contributed by atoms with E-state index in [4.69, 9.17) is 20.8 Å². The van der Waals surface area contributed by atoms with Gasteiger partial charge in [-0.15, -0.1) is 0 Å². The molecule has 33 heavy (non-hydrogen) atoms. The minimum atomic E-state index is -0.552. The van der Waals surface area contributed by atoms with Gasteiger partial charge in [-0.25, -0.2) is 5.43 Å². The van der Waals surface area contributed by atoms with Crippen LogP contribution in [0.4, 0.5) is 5.69 Å². The molecule has 0 atom stereocenters. The third kappa shape index (κ3) is 6.65. The highest BCUT2D eigenvalue weighted by atomic mass is 35.5. The predicted molar refractivity (Wildman–Crippen MR) is 121 cm³/mol. The SMILES string of the molecule is Cc1ccccc1OCC(=O)NCC(=O)NN=Cc1ccc(-c2cc([N+](=O)[O-])ccc2Cl)o1. The first-order valence-corrected chi connectivity index (χ1v) is 10.0. The number of carbonyl (C=O) groups is 2. The average molecular weight is 471 g/mol. The lowest BCUT2D eigenvalue weighted by Gasteiger charge is -2.08. The molecule has 10 nitrogen and oxygen atoms in total. The van der Waals surface area contributed by atoms with E-state index in [0.29, 0.717) is 17.1 Å². The first-order valence-electron chi connectivity index (χ1n) is 9.64. The van der Waals surface area contributed by atoms with E-state index in [0.717, 1.165) is 5.56 Å². The summed E-state index contributed by atoms with van der Waals surface area (Å²) >= 11 is 6.10. The number of para-hydroxylation sites is 1. The second-order valence-corrected chi connectivity index (χ2v) is 7.15. The van der Waals surface area contributed by atoms with E-state index in [1.54, 1.807) is 24.3 Å². The van der Waals surface area contributed by atoms with Crippen LogP contribution in [0.1, 0.15) is 11.3 Å². The van der Waals surface area contributed by atoms with E-state index < -0.39 is 16.7 Å². The summed E-state index contributed by atoms with van der Waals surface area (Å²) < 4.78 is 11.0. The molecule has 0 aliphatic heterocycles. The summed E-state index contributed by atoms with van der Waals surface area (Å²) in [6, 6.07) is 14.4. The van der Waals surface area contributed by atoms with Gasteiger partial charge in [0, 0.05) is 17.7 Å². The van der Waals surface area contributed by atoms with Crippen LogP contribution in [-0.4, -0.2) is 36.1 Å². The quantitative estimate of drug-likeness (QED) is 0.279.